The molecule has 0 bridgehead atoms. The maximum atomic E-state index is 12.9. The molecule has 0 unspecified atom stereocenters. The first-order chi connectivity index (χ1) is 14.6. The van der Waals surface area contributed by atoms with E-state index in [9.17, 15) is 19.5 Å². The number of carbonyl (C=O) groups is 3. The van der Waals surface area contributed by atoms with Crippen molar-refractivity contribution in [1.29, 1.82) is 0 Å². The molecule has 1 aromatic rings. The molecule has 3 atom stereocenters. The van der Waals surface area contributed by atoms with Gasteiger partial charge in [-0.1, -0.05) is 44.2 Å². The summed E-state index contributed by atoms with van der Waals surface area (Å²) in [5.74, 6) is -2.10. The quantitative estimate of drug-likeness (QED) is 0.140. The third kappa shape index (κ3) is 10.4. The van der Waals surface area contributed by atoms with Crippen LogP contribution in [0.25, 0.3) is 0 Å². The Labute approximate surface area is 182 Å². The molecule has 0 saturated carbocycles. The fraction of sp³-hybridized carbons (Fsp3) is 0.524. The molecular weight excluding hydrogens is 400 g/mol. The molecule has 0 radical (unpaired) electrons. The summed E-state index contributed by atoms with van der Waals surface area (Å²) in [5.41, 5.74) is 17.3. The van der Waals surface area contributed by atoms with Crippen LogP contribution < -0.4 is 27.8 Å². The maximum Gasteiger partial charge on any atom is 0.326 e. The number of amides is 2. The van der Waals surface area contributed by atoms with Crippen LogP contribution in [0.1, 0.15) is 38.7 Å². The number of guanidine groups is 1. The summed E-state index contributed by atoms with van der Waals surface area (Å²) in [6.45, 7) is 4.14. The van der Waals surface area contributed by atoms with Crippen LogP contribution in [0.2, 0.25) is 0 Å². The molecule has 172 valence electrons. The molecule has 0 aromatic heterocycles. The summed E-state index contributed by atoms with van der Waals surface area (Å²) < 4.78 is 0. The zero-order valence-electron chi connectivity index (χ0n) is 18.1. The topological polar surface area (TPSA) is 186 Å². The fourth-order valence-corrected chi connectivity index (χ4v) is 2.99. The Hall–Kier alpha value is -3.14. The van der Waals surface area contributed by atoms with Gasteiger partial charge in [0.25, 0.3) is 0 Å². The minimum Gasteiger partial charge on any atom is -0.480 e. The van der Waals surface area contributed by atoms with Crippen LogP contribution in [0.3, 0.4) is 0 Å². The van der Waals surface area contributed by atoms with Crippen molar-refractivity contribution in [3.8, 4) is 0 Å². The average Bonchev–Trinajstić information content (AvgIpc) is 2.69. The van der Waals surface area contributed by atoms with Gasteiger partial charge in [0.05, 0.1) is 6.04 Å². The number of benzene rings is 1. The minimum absolute atomic E-state index is 0.0840. The van der Waals surface area contributed by atoms with Gasteiger partial charge in [0.1, 0.15) is 12.1 Å². The number of carboxylic acids is 1. The number of nitrogens with zero attached hydrogens (tertiary/aromatic N) is 1. The van der Waals surface area contributed by atoms with E-state index in [2.05, 4.69) is 15.6 Å². The van der Waals surface area contributed by atoms with Crippen molar-refractivity contribution in [3.05, 3.63) is 35.9 Å². The first kappa shape index (κ1) is 25.9. The van der Waals surface area contributed by atoms with Gasteiger partial charge in [-0.15, -0.1) is 0 Å². The van der Waals surface area contributed by atoms with Crippen molar-refractivity contribution in [2.45, 2.75) is 57.7 Å². The Bertz CT molecular complexity index is 749. The summed E-state index contributed by atoms with van der Waals surface area (Å²) in [7, 11) is 0. The van der Waals surface area contributed by atoms with Crippen molar-refractivity contribution < 1.29 is 19.5 Å². The molecule has 0 saturated heterocycles. The molecular formula is C21H34N6O4. The lowest BCUT2D eigenvalue weighted by Gasteiger charge is -2.23. The lowest BCUT2D eigenvalue weighted by atomic mass is 10.0. The summed E-state index contributed by atoms with van der Waals surface area (Å²) >= 11 is 0. The van der Waals surface area contributed by atoms with Crippen LogP contribution in [-0.2, 0) is 20.8 Å². The van der Waals surface area contributed by atoms with Crippen molar-refractivity contribution in [1.82, 2.24) is 10.6 Å². The molecule has 1 rings (SSSR count). The Morgan fingerprint density at radius 3 is 2.19 bits per heavy atom. The van der Waals surface area contributed by atoms with Crippen LogP contribution in [0, 0.1) is 5.92 Å². The van der Waals surface area contributed by atoms with E-state index >= 15 is 0 Å². The number of nitrogens with two attached hydrogens (primary N) is 3. The summed E-state index contributed by atoms with van der Waals surface area (Å²) in [6, 6.07) is 6.26. The molecule has 0 aliphatic heterocycles. The molecule has 1 aromatic carbocycles. The molecule has 0 spiro atoms. The second-order valence-electron chi connectivity index (χ2n) is 7.84. The number of hydrogen-bond acceptors (Lipinski definition) is 5. The van der Waals surface area contributed by atoms with E-state index in [0.29, 0.717) is 12.8 Å². The second kappa shape index (κ2) is 13.2. The minimum atomic E-state index is -1.18. The van der Waals surface area contributed by atoms with Crippen molar-refractivity contribution in [2.24, 2.45) is 28.1 Å². The lowest BCUT2D eigenvalue weighted by Crippen LogP contribution is -2.55. The van der Waals surface area contributed by atoms with Gasteiger partial charge in [-0.3, -0.25) is 14.6 Å². The van der Waals surface area contributed by atoms with E-state index < -0.39 is 35.9 Å². The molecule has 9 N–H and O–H groups in total. The summed E-state index contributed by atoms with van der Waals surface area (Å²) in [5, 5.41) is 14.6. The van der Waals surface area contributed by atoms with Gasteiger partial charge in [0, 0.05) is 13.0 Å². The van der Waals surface area contributed by atoms with Gasteiger partial charge in [-0.05, 0) is 30.7 Å². The largest absolute Gasteiger partial charge is 0.480 e. The fourth-order valence-electron chi connectivity index (χ4n) is 2.99. The van der Waals surface area contributed by atoms with Crippen molar-refractivity contribution >= 4 is 23.7 Å². The highest BCUT2D eigenvalue weighted by molar-refractivity contribution is 5.92. The SMILES string of the molecule is CC(C)C[C@@H](N)C(=O)N[C@@H](Cc1ccccc1)C(=O)N[C@@H](CCCN=C(N)N)C(=O)O. The van der Waals surface area contributed by atoms with E-state index in [4.69, 9.17) is 17.2 Å². The summed E-state index contributed by atoms with van der Waals surface area (Å²) in [6.07, 6.45) is 1.17. The highest BCUT2D eigenvalue weighted by atomic mass is 16.4. The molecule has 31 heavy (non-hydrogen) atoms. The van der Waals surface area contributed by atoms with E-state index in [0.717, 1.165) is 5.56 Å². The number of carboxylic acid groups (broad SMARTS) is 1. The molecule has 10 heteroatoms. The van der Waals surface area contributed by atoms with E-state index in [-0.39, 0.29) is 31.3 Å². The number of carbonyl (C=O) groups excluding carboxylic acids is 2. The van der Waals surface area contributed by atoms with Crippen LogP contribution >= 0.6 is 0 Å². The predicted molar refractivity (Wildman–Crippen MR) is 119 cm³/mol. The predicted octanol–water partition coefficient (Wildman–Crippen LogP) is -0.290. The maximum absolute atomic E-state index is 12.9. The molecule has 10 nitrogen and oxygen atoms in total. The Balaban J connectivity index is 2.88. The number of hydrogen-bond donors (Lipinski definition) is 6. The summed E-state index contributed by atoms with van der Waals surface area (Å²) in [4.78, 5) is 40.8. The monoisotopic (exact) mass is 434 g/mol. The molecule has 0 aliphatic rings. The first-order valence-corrected chi connectivity index (χ1v) is 10.3. The van der Waals surface area contributed by atoms with Gasteiger partial charge in [-0.25, -0.2) is 4.79 Å². The number of aliphatic carboxylic acids is 1. The van der Waals surface area contributed by atoms with Crippen LogP contribution in [0.4, 0.5) is 0 Å². The van der Waals surface area contributed by atoms with Gasteiger partial charge in [0.15, 0.2) is 5.96 Å². The van der Waals surface area contributed by atoms with Gasteiger partial charge < -0.3 is 32.9 Å². The van der Waals surface area contributed by atoms with E-state index in [1.165, 1.54) is 0 Å². The number of aliphatic imine (C=N–C) groups is 1. The number of rotatable bonds is 13. The van der Waals surface area contributed by atoms with Crippen molar-refractivity contribution in [3.63, 3.8) is 0 Å². The van der Waals surface area contributed by atoms with Gasteiger partial charge in [-0.2, -0.15) is 0 Å². The normalized spacial score (nSPS) is 13.7. The number of nitrogens with one attached hydrogen (secondary N) is 2. The highest BCUT2D eigenvalue weighted by Gasteiger charge is 2.28. The zero-order chi connectivity index (χ0) is 23.4. The Morgan fingerprint density at radius 1 is 1.03 bits per heavy atom. The average molecular weight is 435 g/mol. The third-order valence-electron chi connectivity index (χ3n) is 4.54. The Kier molecular flexibility index (Phi) is 11.0. The van der Waals surface area contributed by atoms with Crippen LogP contribution in [-0.4, -0.2) is 53.5 Å². The molecule has 2 amide bonds. The molecule has 0 heterocycles. The van der Waals surface area contributed by atoms with Gasteiger partial charge >= 0.3 is 5.97 Å². The molecule has 0 aliphatic carbocycles. The van der Waals surface area contributed by atoms with Crippen LogP contribution in [0.15, 0.2) is 35.3 Å². The van der Waals surface area contributed by atoms with Crippen LogP contribution in [0.5, 0.6) is 0 Å². The standard InChI is InChI=1S/C21H34N6O4/c1-13(2)11-15(22)18(28)27-17(12-14-7-4-3-5-8-14)19(29)26-16(20(30)31)9-6-10-25-21(23)24/h3-5,7-8,13,15-17H,6,9-12,22H2,1-2H3,(H,26,29)(H,27,28)(H,30,31)(H4,23,24,25)/t15-,16+,17+/m1/s1. The first-order valence-electron chi connectivity index (χ1n) is 10.3. The highest BCUT2D eigenvalue weighted by Crippen LogP contribution is 2.08. The van der Waals surface area contributed by atoms with Gasteiger partial charge in [0.2, 0.25) is 11.8 Å². The second-order valence-corrected chi connectivity index (χ2v) is 7.84. The Morgan fingerprint density at radius 2 is 1.65 bits per heavy atom. The third-order valence-corrected chi connectivity index (χ3v) is 4.54. The zero-order valence-corrected chi connectivity index (χ0v) is 18.1. The molecule has 0 fully saturated rings. The lowest BCUT2D eigenvalue weighted by molar-refractivity contribution is -0.142. The smallest absolute Gasteiger partial charge is 0.326 e. The van der Waals surface area contributed by atoms with Crippen molar-refractivity contribution in [2.75, 3.05) is 6.54 Å². The van der Waals surface area contributed by atoms with E-state index in [1.807, 2.05) is 44.2 Å². The van der Waals surface area contributed by atoms with E-state index in [1.54, 1.807) is 0 Å².